The number of nitrogens with one attached hydrogen (secondary N) is 2. The van der Waals surface area contributed by atoms with E-state index in [-0.39, 0.29) is 17.6 Å². The van der Waals surface area contributed by atoms with Gasteiger partial charge in [0.1, 0.15) is 5.82 Å². The molecule has 9 heteroatoms. The Morgan fingerprint density at radius 2 is 1.81 bits per heavy atom. The molecule has 1 aromatic carbocycles. The molecule has 0 spiro atoms. The molecule has 0 bridgehead atoms. The van der Waals surface area contributed by atoms with Crippen molar-refractivity contribution in [1.29, 1.82) is 0 Å². The smallest absolute Gasteiger partial charge is 0.334 e. The number of para-hydroxylation sites is 2. The third kappa shape index (κ3) is 4.73. The van der Waals surface area contributed by atoms with Gasteiger partial charge in [0.25, 0.3) is 5.91 Å². The minimum Gasteiger partial charge on any atom is -0.387 e. The van der Waals surface area contributed by atoms with Crippen LogP contribution in [0.5, 0.6) is 0 Å². The molecule has 5 rings (SSSR count). The molecular weight excluding hydrogens is 476 g/mol. The summed E-state index contributed by atoms with van der Waals surface area (Å²) in [6.07, 6.45) is 6.86. The van der Waals surface area contributed by atoms with E-state index in [0.717, 1.165) is 42.4 Å². The predicted molar refractivity (Wildman–Crippen MR) is 142 cm³/mol. The van der Waals surface area contributed by atoms with E-state index in [1.807, 2.05) is 48.0 Å². The molecule has 2 N–H and O–H groups in total. The molecule has 1 fully saturated rings. The lowest BCUT2D eigenvalue weighted by atomic mass is 9.85. The summed E-state index contributed by atoms with van der Waals surface area (Å²) >= 11 is 6.03. The highest BCUT2D eigenvalue weighted by molar-refractivity contribution is 6.30. The third-order valence-corrected chi connectivity index (χ3v) is 7.23. The Labute approximate surface area is 214 Å². The molecule has 4 aromatic rings. The van der Waals surface area contributed by atoms with Crippen molar-refractivity contribution in [2.45, 2.75) is 45.2 Å². The van der Waals surface area contributed by atoms with Gasteiger partial charge < -0.3 is 10.6 Å². The van der Waals surface area contributed by atoms with Gasteiger partial charge in [-0.15, -0.1) is 0 Å². The number of aromatic nitrogens is 4. The van der Waals surface area contributed by atoms with Crippen LogP contribution < -0.4 is 16.3 Å². The lowest BCUT2D eigenvalue weighted by Crippen LogP contribution is -2.39. The molecule has 0 unspecified atom stereocenters. The van der Waals surface area contributed by atoms with Gasteiger partial charge in [-0.05, 0) is 68.9 Å². The first-order valence-electron chi connectivity index (χ1n) is 12.2. The molecule has 0 saturated heterocycles. The van der Waals surface area contributed by atoms with Crippen molar-refractivity contribution in [1.82, 2.24) is 24.4 Å². The van der Waals surface area contributed by atoms with Crippen LogP contribution in [-0.2, 0) is 6.54 Å². The van der Waals surface area contributed by atoms with Crippen molar-refractivity contribution in [2.24, 2.45) is 5.92 Å². The summed E-state index contributed by atoms with van der Waals surface area (Å²) in [5.41, 5.74) is 3.73. The van der Waals surface area contributed by atoms with Crippen LogP contribution >= 0.6 is 11.6 Å². The van der Waals surface area contributed by atoms with Gasteiger partial charge in [-0.2, -0.15) is 0 Å². The van der Waals surface area contributed by atoms with Crippen LogP contribution in [0.4, 0.5) is 5.69 Å². The van der Waals surface area contributed by atoms with Gasteiger partial charge in [0.15, 0.2) is 0 Å². The summed E-state index contributed by atoms with van der Waals surface area (Å²) in [7, 11) is 1.84. The maximum absolute atomic E-state index is 13.5. The van der Waals surface area contributed by atoms with Gasteiger partial charge in [-0.3, -0.25) is 14.3 Å². The summed E-state index contributed by atoms with van der Waals surface area (Å²) in [6.45, 7) is 2.44. The zero-order chi connectivity index (χ0) is 25.2. The van der Waals surface area contributed by atoms with Gasteiger partial charge in [0.05, 0.1) is 39.2 Å². The average molecular weight is 505 g/mol. The molecule has 1 aliphatic rings. The summed E-state index contributed by atoms with van der Waals surface area (Å²) in [5, 5.41) is 6.65. The van der Waals surface area contributed by atoms with Gasteiger partial charge >= 0.3 is 5.69 Å². The lowest BCUT2D eigenvalue weighted by Gasteiger charge is -2.29. The number of hydrogen-bond acceptors (Lipinski definition) is 5. The van der Waals surface area contributed by atoms with E-state index in [1.54, 1.807) is 30.0 Å². The largest absolute Gasteiger partial charge is 0.387 e. The van der Waals surface area contributed by atoms with Crippen molar-refractivity contribution in [3.05, 3.63) is 81.6 Å². The summed E-state index contributed by atoms with van der Waals surface area (Å²) in [6, 6.07) is 13.4. The highest BCUT2D eigenvalue weighted by Gasteiger charge is 2.25. The maximum atomic E-state index is 13.5. The van der Waals surface area contributed by atoms with Crippen LogP contribution in [0.25, 0.3) is 16.9 Å². The highest BCUT2D eigenvalue weighted by atomic mass is 35.5. The minimum atomic E-state index is -0.137. The third-order valence-electron chi connectivity index (χ3n) is 7.02. The Balaban J connectivity index is 1.30. The van der Waals surface area contributed by atoms with Gasteiger partial charge in [0, 0.05) is 25.8 Å². The fourth-order valence-corrected chi connectivity index (χ4v) is 5.18. The monoisotopic (exact) mass is 504 g/mol. The molecule has 0 atom stereocenters. The van der Waals surface area contributed by atoms with Crippen molar-refractivity contribution in [2.75, 3.05) is 12.4 Å². The quantitative estimate of drug-likeness (QED) is 0.401. The first-order chi connectivity index (χ1) is 17.4. The van der Waals surface area contributed by atoms with Crippen LogP contribution in [-0.4, -0.2) is 38.1 Å². The SMILES string of the molecule is CNc1ccc(-n2c(=O)n(CC3CCC(NC(=O)c4cc(Cl)cnc4C)CC3)c3ccccc32)nc1. The number of aryl methyl sites for hydroxylation is 1. The van der Waals surface area contributed by atoms with E-state index >= 15 is 0 Å². The number of carbonyl (C=O) groups excluding carboxylic acids is 1. The van der Waals surface area contributed by atoms with Crippen LogP contribution in [0.15, 0.2) is 59.7 Å². The summed E-state index contributed by atoms with van der Waals surface area (Å²) in [5.74, 6) is 0.817. The Kier molecular flexibility index (Phi) is 6.78. The summed E-state index contributed by atoms with van der Waals surface area (Å²) in [4.78, 5) is 35.0. The minimum absolute atomic E-state index is 0.0831. The van der Waals surface area contributed by atoms with E-state index in [2.05, 4.69) is 20.6 Å². The molecule has 186 valence electrons. The molecule has 8 nitrogen and oxygen atoms in total. The number of pyridine rings is 2. The van der Waals surface area contributed by atoms with Crippen LogP contribution in [0, 0.1) is 12.8 Å². The van der Waals surface area contributed by atoms with E-state index in [4.69, 9.17) is 11.6 Å². The predicted octanol–water partition coefficient (Wildman–Crippen LogP) is 4.57. The maximum Gasteiger partial charge on any atom is 0.334 e. The van der Waals surface area contributed by atoms with Crippen LogP contribution in [0.1, 0.15) is 41.7 Å². The molecule has 3 aromatic heterocycles. The van der Waals surface area contributed by atoms with E-state index in [1.165, 1.54) is 0 Å². The number of hydrogen-bond donors (Lipinski definition) is 2. The molecule has 0 radical (unpaired) electrons. The Bertz CT molecular complexity index is 1450. The zero-order valence-electron chi connectivity index (χ0n) is 20.4. The summed E-state index contributed by atoms with van der Waals surface area (Å²) < 4.78 is 3.55. The molecule has 3 heterocycles. The van der Waals surface area contributed by atoms with E-state index in [9.17, 15) is 9.59 Å². The molecule has 36 heavy (non-hydrogen) atoms. The Hall–Kier alpha value is -3.65. The molecule has 0 aliphatic heterocycles. The second-order valence-corrected chi connectivity index (χ2v) is 9.79. The van der Waals surface area contributed by atoms with Crippen molar-refractivity contribution < 1.29 is 4.79 Å². The fraction of sp³-hybridized carbons (Fsp3) is 0.333. The number of halogens is 1. The number of imidazole rings is 1. The number of benzene rings is 1. The second-order valence-electron chi connectivity index (χ2n) is 9.35. The Morgan fingerprint density at radius 3 is 2.50 bits per heavy atom. The highest BCUT2D eigenvalue weighted by Crippen LogP contribution is 2.28. The van der Waals surface area contributed by atoms with E-state index in [0.29, 0.717) is 34.6 Å². The van der Waals surface area contributed by atoms with Crippen molar-refractivity contribution >= 4 is 34.2 Å². The molecule has 1 amide bonds. The molecule has 1 aliphatic carbocycles. The van der Waals surface area contributed by atoms with Gasteiger partial charge in [-0.25, -0.2) is 14.3 Å². The van der Waals surface area contributed by atoms with Crippen molar-refractivity contribution in [3.8, 4) is 5.82 Å². The molecule has 1 saturated carbocycles. The van der Waals surface area contributed by atoms with E-state index < -0.39 is 0 Å². The number of anilines is 1. The first-order valence-corrected chi connectivity index (χ1v) is 12.6. The average Bonchev–Trinajstić information content (AvgIpc) is 3.17. The van der Waals surface area contributed by atoms with Gasteiger partial charge in [0.2, 0.25) is 0 Å². The number of amides is 1. The Morgan fingerprint density at radius 1 is 1.06 bits per heavy atom. The standard InChI is InChI=1S/C27H29ClN6O2/c1-17-22(13-19(28)14-30-17)26(35)32-20-9-7-18(8-10-20)16-33-23-5-3-4-6-24(23)34(27(33)36)25-12-11-21(29-2)15-31-25/h3-6,11-15,18,20,29H,7-10,16H2,1-2H3,(H,32,35). The number of carbonyl (C=O) groups is 1. The topological polar surface area (TPSA) is 93.8 Å². The molecular formula is C27H29ClN6O2. The normalized spacial score (nSPS) is 17.8. The van der Waals surface area contributed by atoms with Gasteiger partial charge in [-0.1, -0.05) is 23.7 Å². The lowest BCUT2D eigenvalue weighted by molar-refractivity contribution is 0.0919. The number of rotatable bonds is 6. The zero-order valence-corrected chi connectivity index (χ0v) is 21.1. The van der Waals surface area contributed by atoms with Crippen molar-refractivity contribution in [3.63, 3.8) is 0 Å². The fourth-order valence-electron chi connectivity index (χ4n) is 5.02. The second kappa shape index (κ2) is 10.1. The number of nitrogens with zero attached hydrogens (tertiary/aromatic N) is 4. The number of fused-ring (bicyclic) bond motifs is 1. The first kappa shape index (κ1) is 24.1. The van der Waals surface area contributed by atoms with Crippen LogP contribution in [0.3, 0.4) is 0 Å². The van der Waals surface area contributed by atoms with Crippen LogP contribution in [0.2, 0.25) is 5.02 Å².